The Kier molecular flexibility index (Phi) is 4.78. The highest BCUT2D eigenvalue weighted by Gasteiger charge is 2.14. The Bertz CT molecular complexity index is 645. The molecule has 0 unspecified atom stereocenters. The van der Waals surface area contributed by atoms with Crippen LogP contribution in [-0.2, 0) is 0 Å². The minimum atomic E-state index is -1.06. The van der Waals surface area contributed by atoms with Crippen LogP contribution >= 0.6 is 31.9 Å². The number of aliphatic hydroxyl groups is 1. The van der Waals surface area contributed by atoms with Crippen LogP contribution < -0.4 is 4.74 Å². The molecule has 0 saturated heterocycles. The second kappa shape index (κ2) is 6.20. The highest BCUT2D eigenvalue weighted by atomic mass is 79.9. The van der Waals surface area contributed by atoms with E-state index in [1.807, 2.05) is 0 Å². The Hall–Kier alpha value is -0.980. The van der Waals surface area contributed by atoms with Crippen LogP contribution in [0.15, 0.2) is 39.3 Å². The normalized spacial score (nSPS) is 12.3. The van der Waals surface area contributed by atoms with Crippen LogP contribution in [0.4, 0.5) is 8.78 Å². The van der Waals surface area contributed by atoms with Crippen LogP contribution in [0.1, 0.15) is 18.6 Å². The average Bonchev–Trinajstić information content (AvgIpc) is 2.37. The molecule has 0 aromatic heterocycles. The van der Waals surface area contributed by atoms with E-state index in [-0.39, 0.29) is 5.75 Å². The van der Waals surface area contributed by atoms with Gasteiger partial charge in [0.05, 0.1) is 10.6 Å². The van der Waals surface area contributed by atoms with Gasteiger partial charge in [-0.05, 0) is 52.7 Å². The molecule has 2 rings (SSSR count). The van der Waals surface area contributed by atoms with Gasteiger partial charge in [-0.15, -0.1) is 0 Å². The first kappa shape index (κ1) is 15.4. The topological polar surface area (TPSA) is 29.5 Å². The molecule has 20 heavy (non-hydrogen) atoms. The van der Waals surface area contributed by atoms with Gasteiger partial charge in [0.25, 0.3) is 0 Å². The van der Waals surface area contributed by atoms with Crippen molar-refractivity contribution in [1.82, 2.24) is 0 Å². The number of rotatable bonds is 3. The first-order valence-corrected chi connectivity index (χ1v) is 7.27. The van der Waals surface area contributed by atoms with E-state index in [0.717, 1.165) is 6.07 Å². The molecule has 2 aromatic carbocycles. The number of hydrogen-bond acceptors (Lipinski definition) is 2. The summed E-state index contributed by atoms with van der Waals surface area (Å²) in [6.07, 6.45) is -0.625. The molecular weight excluding hydrogens is 398 g/mol. The van der Waals surface area contributed by atoms with Gasteiger partial charge in [0, 0.05) is 4.47 Å². The third-order valence-electron chi connectivity index (χ3n) is 2.62. The number of hydrogen-bond donors (Lipinski definition) is 1. The molecule has 0 amide bonds. The maximum absolute atomic E-state index is 13.6. The van der Waals surface area contributed by atoms with Gasteiger partial charge in [0.1, 0.15) is 5.75 Å². The van der Waals surface area contributed by atoms with Gasteiger partial charge in [-0.25, -0.2) is 4.39 Å². The van der Waals surface area contributed by atoms with E-state index in [9.17, 15) is 13.9 Å². The second-order valence-corrected chi connectivity index (χ2v) is 5.94. The van der Waals surface area contributed by atoms with Crippen molar-refractivity contribution in [2.75, 3.05) is 0 Å². The van der Waals surface area contributed by atoms with Gasteiger partial charge < -0.3 is 9.84 Å². The number of aliphatic hydroxyl groups excluding tert-OH is 1. The predicted octanol–water partition coefficient (Wildman–Crippen LogP) is 5.34. The molecule has 0 spiro atoms. The van der Waals surface area contributed by atoms with E-state index < -0.39 is 17.7 Å². The summed E-state index contributed by atoms with van der Waals surface area (Å²) < 4.78 is 33.2. The largest absolute Gasteiger partial charge is 0.453 e. The zero-order valence-electron chi connectivity index (χ0n) is 10.3. The molecule has 6 heteroatoms. The van der Waals surface area contributed by atoms with Crippen LogP contribution in [0.5, 0.6) is 11.5 Å². The van der Waals surface area contributed by atoms with Gasteiger partial charge >= 0.3 is 0 Å². The highest BCUT2D eigenvalue weighted by Crippen LogP contribution is 2.34. The van der Waals surface area contributed by atoms with Gasteiger partial charge in [-0.1, -0.05) is 22.0 Å². The molecule has 0 aliphatic rings. The molecule has 0 heterocycles. The van der Waals surface area contributed by atoms with Crippen LogP contribution in [0.3, 0.4) is 0 Å². The summed E-state index contributed by atoms with van der Waals surface area (Å²) in [5, 5.41) is 9.47. The van der Waals surface area contributed by atoms with Crippen LogP contribution in [-0.4, -0.2) is 5.11 Å². The Morgan fingerprint density at radius 1 is 1.10 bits per heavy atom. The molecule has 0 aliphatic heterocycles. The highest BCUT2D eigenvalue weighted by molar-refractivity contribution is 9.10. The summed E-state index contributed by atoms with van der Waals surface area (Å²) in [5.74, 6) is -1.95. The minimum absolute atomic E-state index is 0.220. The van der Waals surface area contributed by atoms with Crippen molar-refractivity contribution in [2.45, 2.75) is 13.0 Å². The SMILES string of the molecule is C[C@H](O)c1ccc(Oc2cc(Br)cc(F)c2F)c(Br)c1. The Balaban J connectivity index is 2.35. The number of halogens is 4. The predicted molar refractivity (Wildman–Crippen MR) is 78.9 cm³/mol. The lowest BCUT2D eigenvalue weighted by Gasteiger charge is -2.12. The fourth-order valence-electron chi connectivity index (χ4n) is 1.58. The first-order chi connectivity index (χ1) is 9.38. The van der Waals surface area contributed by atoms with Crippen molar-refractivity contribution in [3.63, 3.8) is 0 Å². The molecule has 0 aliphatic carbocycles. The molecule has 0 bridgehead atoms. The lowest BCUT2D eigenvalue weighted by molar-refractivity contribution is 0.199. The molecule has 2 aromatic rings. The summed E-state index contributed by atoms with van der Waals surface area (Å²) >= 11 is 6.35. The molecule has 1 N–H and O–H groups in total. The lowest BCUT2D eigenvalue weighted by Crippen LogP contribution is -1.95. The Labute approximate surface area is 131 Å². The fourth-order valence-corrected chi connectivity index (χ4v) is 2.47. The Morgan fingerprint density at radius 2 is 1.80 bits per heavy atom. The van der Waals surface area contributed by atoms with Crippen molar-refractivity contribution in [1.29, 1.82) is 0 Å². The summed E-state index contributed by atoms with van der Waals surface area (Å²) in [6.45, 7) is 1.63. The zero-order chi connectivity index (χ0) is 14.9. The van der Waals surface area contributed by atoms with Crippen molar-refractivity contribution in [2.24, 2.45) is 0 Å². The summed E-state index contributed by atoms with van der Waals surface area (Å²) in [6, 6.07) is 7.24. The van der Waals surface area contributed by atoms with Crippen molar-refractivity contribution in [3.8, 4) is 11.5 Å². The van der Waals surface area contributed by atoms with Crippen LogP contribution in [0.25, 0.3) is 0 Å². The summed E-state index contributed by atoms with van der Waals surface area (Å²) in [4.78, 5) is 0. The standard InChI is InChI=1S/C14H10Br2F2O2/c1-7(19)8-2-3-12(10(16)4-8)20-13-6-9(15)5-11(17)14(13)18/h2-7,19H,1H3/t7-/m0/s1. The van der Waals surface area contributed by atoms with E-state index in [1.165, 1.54) is 6.07 Å². The maximum Gasteiger partial charge on any atom is 0.201 e. The third-order valence-corrected chi connectivity index (χ3v) is 3.70. The molecule has 2 nitrogen and oxygen atoms in total. The van der Waals surface area contributed by atoms with Crippen LogP contribution in [0.2, 0.25) is 0 Å². The van der Waals surface area contributed by atoms with E-state index in [2.05, 4.69) is 31.9 Å². The maximum atomic E-state index is 13.6. The molecule has 0 radical (unpaired) electrons. The molecular formula is C14H10Br2F2O2. The summed E-state index contributed by atoms with van der Waals surface area (Å²) in [5.41, 5.74) is 0.685. The second-order valence-electron chi connectivity index (χ2n) is 4.17. The fraction of sp³-hybridized carbons (Fsp3) is 0.143. The molecule has 0 saturated carbocycles. The summed E-state index contributed by atoms with van der Waals surface area (Å²) in [7, 11) is 0. The smallest absolute Gasteiger partial charge is 0.201 e. The van der Waals surface area contributed by atoms with Gasteiger partial charge in [0.2, 0.25) is 5.82 Å². The van der Waals surface area contributed by atoms with E-state index >= 15 is 0 Å². The molecule has 1 atom stereocenters. The zero-order valence-corrected chi connectivity index (χ0v) is 13.5. The van der Waals surface area contributed by atoms with Gasteiger partial charge in [-0.2, -0.15) is 4.39 Å². The van der Waals surface area contributed by atoms with Crippen LogP contribution in [0, 0.1) is 11.6 Å². The molecule has 0 fully saturated rings. The monoisotopic (exact) mass is 406 g/mol. The molecule has 106 valence electrons. The van der Waals surface area contributed by atoms with Crippen molar-refractivity contribution in [3.05, 3.63) is 56.5 Å². The first-order valence-electron chi connectivity index (χ1n) is 5.68. The Morgan fingerprint density at radius 3 is 2.40 bits per heavy atom. The third kappa shape index (κ3) is 3.37. The van der Waals surface area contributed by atoms with Gasteiger partial charge in [0.15, 0.2) is 11.6 Å². The minimum Gasteiger partial charge on any atom is -0.453 e. The van der Waals surface area contributed by atoms with E-state index in [0.29, 0.717) is 20.3 Å². The van der Waals surface area contributed by atoms with Gasteiger partial charge in [-0.3, -0.25) is 0 Å². The lowest BCUT2D eigenvalue weighted by atomic mass is 10.1. The van der Waals surface area contributed by atoms with E-state index in [1.54, 1.807) is 25.1 Å². The van der Waals surface area contributed by atoms with Crippen molar-refractivity contribution >= 4 is 31.9 Å². The number of ether oxygens (including phenoxy) is 1. The van der Waals surface area contributed by atoms with Crippen molar-refractivity contribution < 1.29 is 18.6 Å². The average molecular weight is 408 g/mol. The van der Waals surface area contributed by atoms with E-state index in [4.69, 9.17) is 4.74 Å². The number of benzene rings is 2. The quantitative estimate of drug-likeness (QED) is 0.696.